The lowest BCUT2D eigenvalue weighted by atomic mass is 10.1. The SMILES string of the molecule is Clc1ccnc(C2CCCN2)c1. The molecule has 0 spiro atoms. The Morgan fingerprint density at radius 3 is 3.17 bits per heavy atom. The molecule has 0 aromatic carbocycles. The van der Waals surface area contributed by atoms with E-state index in [2.05, 4.69) is 10.3 Å². The van der Waals surface area contributed by atoms with Crippen LogP contribution in [0.3, 0.4) is 0 Å². The fourth-order valence-electron chi connectivity index (χ4n) is 1.55. The number of halogens is 1. The van der Waals surface area contributed by atoms with Gasteiger partial charge in [0, 0.05) is 17.3 Å². The van der Waals surface area contributed by atoms with Gasteiger partial charge in [-0.25, -0.2) is 0 Å². The molecular formula is C9H11ClN2. The van der Waals surface area contributed by atoms with E-state index in [4.69, 9.17) is 11.6 Å². The summed E-state index contributed by atoms with van der Waals surface area (Å²) < 4.78 is 0. The van der Waals surface area contributed by atoms with E-state index in [9.17, 15) is 0 Å². The van der Waals surface area contributed by atoms with Crippen LogP contribution in [0, 0.1) is 0 Å². The van der Waals surface area contributed by atoms with Crippen LogP contribution in [0.1, 0.15) is 24.6 Å². The number of aromatic nitrogens is 1. The summed E-state index contributed by atoms with van der Waals surface area (Å²) in [7, 11) is 0. The molecule has 3 heteroatoms. The second-order valence-electron chi connectivity index (χ2n) is 3.05. The predicted molar refractivity (Wildman–Crippen MR) is 49.2 cm³/mol. The summed E-state index contributed by atoms with van der Waals surface area (Å²) in [6.07, 6.45) is 4.17. The lowest BCUT2D eigenvalue weighted by Crippen LogP contribution is -2.13. The number of hydrogen-bond donors (Lipinski definition) is 1. The van der Waals surface area contributed by atoms with Gasteiger partial charge in [0.2, 0.25) is 0 Å². The molecule has 0 saturated carbocycles. The molecule has 0 radical (unpaired) electrons. The molecule has 1 fully saturated rings. The topological polar surface area (TPSA) is 24.9 Å². The van der Waals surface area contributed by atoms with Gasteiger partial charge in [-0.1, -0.05) is 11.6 Å². The highest BCUT2D eigenvalue weighted by atomic mass is 35.5. The smallest absolute Gasteiger partial charge is 0.0587 e. The van der Waals surface area contributed by atoms with Crippen LogP contribution in [-0.4, -0.2) is 11.5 Å². The van der Waals surface area contributed by atoms with Crippen LogP contribution in [0.5, 0.6) is 0 Å². The fourth-order valence-corrected chi connectivity index (χ4v) is 1.72. The summed E-state index contributed by atoms with van der Waals surface area (Å²) in [5, 5.41) is 4.15. The van der Waals surface area contributed by atoms with Gasteiger partial charge in [-0.15, -0.1) is 0 Å². The highest BCUT2D eigenvalue weighted by Crippen LogP contribution is 2.22. The van der Waals surface area contributed by atoms with Gasteiger partial charge >= 0.3 is 0 Å². The molecule has 1 aliphatic rings. The van der Waals surface area contributed by atoms with Gasteiger partial charge in [-0.05, 0) is 31.5 Å². The van der Waals surface area contributed by atoms with E-state index >= 15 is 0 Å². The number of hydrogen-bond acceptors (Lipinski definition) is 2. The number of nitrogens with one attached hydrogen (secondary N) is 1. The second-order valence-corrected chi connectivity index (χ2v) is 3.48. The summed E-state index contributed by atoms with van der Waals surface area (Å²) in [6.45, 7) is 1.10. The van der Waals surface area contributed by atoms with Crippen LogP contribution >= 0.6 is 11.6 Å². The quantitative estimate of drug-likeness (QED) is 0.720. The molecule has 0 bridgehead atoms. The third-order valence-corrected chi connectivity index (χ3v) is 2.40. The van der Waals surface area contributed by atoms with Crippen molar-refractivity contribution in [3.63, 3.8) is 0 Å². The monoisotopic (exact) mass is 182 g/mol. The largest absolute Gasteiger partial charge is 0.309 e. The first-order chi connectivity index (χ1) is 5.86. The zero-order valence-corrected chi connectivity index (χ0v) is 7.51. The molecule has 1 aliphatic heterocycles. The molecule has 64 valence electrons. The van der Waals surface area contributed by atoms with Gasteiger partial charge in [-0.2, -0.15) is 0 Å². The first kappa shape index (κ1) is 8.02. The Morgan fingerprint density at radius 1 is 1.58 bits per heavy atom. The lowest BCUT2D eigenvalue weighted by molar-refractivity contribution is 0.628. The van der Waals surface area contributed by atoms with Crippen molar-refractivity contribution >= 4 is 11.6 Å². The lowest BCUT2D eigenvalue weighted by Gasteiger charge is -2.08. The zero-order valence-electron chi connectivity index (χ0n) is 6.76. The molecule has 1 aromatic heterocycles. The van der Waals surface area contributed by atoms with E-state index in [0.717, 1.165) is 17.3 Å². The van der Waals surface area contributed by atoms with Gasteiger partial charge in [0.05, 0.1) is 5.69 Å². The molecular weight excluding hydrogens is 172 g/mol. The molecule has 0 aliphatic carbocycles. The maximum absolute atomic E-state index is 5.86. The van der Waals surface area contributed by atoms with E-state index < -0.39 is 0 Å². The Kier molecular flexibility index (Phi) is 2.28. The Hall–Kier alpha value is -0.600. The average Bonchev–Trinajstić information content (AvgIpc) is 2.56. The van der Waals surface area contributed by atoms with Crippen LogP contribution < -0.4 is 5.32 Å². The van der Waals surface area contributed by atoms with Gasteiger partial charge in [-0.3, -0.25) is 4.98 Å². The summed E-state index contributed by atoms with van der Waals surface area (Å²) in [5.74, 6) is 0. The normalized spacial score (nSPS) is 22.9. The van der Waals surface area contributed by atoms with Gasteiger partial charge in [0.1, 0.15) is 0 Å². The molecule has 1 unspecified atom stereocenters. The molecule has 1 aromatic rings. The van der Waals surface area contributed by atoms with E-state index in [1.807, 2.05) is 6.07 Å². The van der Waals surface area contributed by atoms with Crippen LogP contribution in [-0.2, 0) is 0 Å². The van der Waals surface area contributed by atoms with E-state index in [0.29, 0.717) is 6.04 Å². The molecule has 0 amide bonds. The van der Waals surface area contributed by atoms with Crippen LogP contribution in [0.15, 0.2) is 18.3 Å². The molecule has 12 heavy (non-hydrogen) atoms. The standard InChI is InChI=1S/C9H11ClN2/c10-7-3-5-12-9(6-7)8-2-1-4-11-8/h3,5-6,8,11H,1-2,4H2. The van der Waals surface area contributed by atoms with Crippen molar-refractivity contribution in [3.05, 3.63) is 29.0 Å². The molecule has 1 saturated heterocycles. The van der Waals surface area contributed by atoms with Crippen molar-refractivity contribution in [2.45, 2.75) is 18.9 Å². The number of rotatable bonds is 1. The third kappa shape index (κ3) is 1.59. The summed E-state index contributed by atoms with van der Waals surface area (Å²) in [6, 6.07) is 4.16. The summed E-state index contributed by atoms with van der Waals surface area (Å²) in [5.41, 5.74) is 1.07. The van der Waals surface area contributed by atoms with Crippen LogP contribution in [0.25, 0.3) is 0 Å². The second kappa shape index (κ2) is 3.42. The minimum Gasteiger partial charge on any atom is -0.309 e. The van der Waals surface area contributed by atoms with E-state index in [1.165, 1.54) is 12.8 Å². The molecule has 1 atom stereocenters. The molecule has 2 nitrogen and oxygen atoms in total. The van der Waals surface area contributed by atoms with Crippen molar-refractivity contribution in [1.29, 1.82) is 0 Å². The van der Waals surface area contributed by atoms with Gasteiger partial charge < -0.3 is 5.32 Å². The zero-order chi connectivity index (χ0) is 8.39. The van der Waals surface area contributed by atoms with Gasteiger partial charge in [0.25, 0.3) is 0 Å². The highest BCUT2D eigenvalue weighted by Gasteiger charge is 2.16. The van der Waals surface area contributed by atoms with Crippen molar-refractivity contribution in [3.8, 4) is 0 Å². The van der Waals surface area contributed by atoms with Crippen molar-refractivity contribution in [2.24, 2.45) is 0 Å². The Bertz CT molecular complexity index is 269. The minimum absolute atomic E-state index is 0.420. The average molecular weight is 183 g/mol. The highest BCUT2D eigenvalue weighted by molar-refractivity contribution is 6.30. The van der Waals surface area contributed by atoms with Crippen LogP contribution in [0.2, 0.25) is 5.02 Å². The molecule has 2 rings (SSSR count). The predicted octanol–water partition coefficient (Wildman–Crippen LogP) is 2.16. The first-order valence-corrected chi connectivity index (χ1v) is 4.59. The summed E-state index contributed by atoms with van der Waals surface area (Å²) >= 11 is 5.86. The van der Waals surface area contributed by atoms with E-state index in [1.54, 1.807) is 12.3 Å². The van der Waals surface area contributed by atoms with E-state index in [-0.39, 0.29) is 0 Å². The van der Waals surface area contributed by atoms with Gasteiger partial charge in [0.15, 0.2) is 0 Å². The third-order valence-electron chi connectivity index (χ3n) is 2.16. The molecule has 2 heterocycles. The fraction of sp³-hybridized carbons (Fsp3) is 0.444. The Morgan fingerprint density at radius 2 is 2.50 bits per heavy atom. The summed E-state index contributed by atoms with van der Waals surface area (Å²) in [4.78, 5) is 4.27. The number of nitrogens with zero attached hydrogens (tertiary/aromatic N) is 1. The minimum atomic E-state index is 0.420. The van der Waals surface area contributed by atoms with Crippen LogP contribution in [0.4, 0.5) is 0 Å². The molecule has 1 N–H and O–H groups in total. The number of pyridine rings is 1. The van der Waals surface area contributed by atoms with Crippen molar-refractivity contribution < 1.29 is 0 Å². The maximum Gasteiger partial charge on any atom is 0.0587 e. The maximum atomic E-state index is 5.86. The Balaban J connectivity index is 2.21. The first-order valence-electron chi connectivity index (χ1n) is 4.21. The van der Waals surface area contributed by atoms with Crippen molar-refractivity contribution in [2.75, 3.05) is 6.54 Å². The Labute approximate surface area is 77.0 Å². The van der Waals surface area contributed by atoms with Crippen molar-refractivity contribution in [1.82, 2.24) is 10.3 Å².